The molecule has 0 spiro atoms. The number of fused-ring (bicyclic) bond motifs is 1. The van der Waals surface area contributed by atoms with Gasteiger partial charge in [0.05, 0.1) is 12.3 Å². The first kappa shape index (κ1) is 14.1. The molecule has 9 heteroatoms. The normalized spacial score (nSPS) is 23.2. The molecule has 2 amide bonds. The molecule has 0 radical (unpaired) electrons. The Kier molecular flexibility index (Phi) is 3.95. The molecule has 19 heavy (non-hydrogen) atoms. The summed E-state index contributed by atoms with van der Waals surface area (Å²) in [6.07, 6.45) is 0.850. The number of carbonyl (C=O) groups is 2. The number of piperazine rings is 1. The van der Waals surface area contributed by atoms with Crippen molar-refractivity contribution >= 4 is 22.0 Å². The molecule has 0 aromatic carbocycles. The molecule has 2 aliphatic heterocycles. The summed E-state index contributed by atoms with van der Waals surface area (Å²) in [6, 6.07) is -0.0759. The number of sulfonamides is 1. The van der Waals surface area contributed by atoms with E-state index in [0.717, 1.165) is 6.26 Å². The summed E-state index contributed by atoms with van der Waals surface area (Å²) in [7, 11) is -3.27. The lowest BCUT2D eigenvalue weighted by molar-refractivity contribution is -0.133. The van der Waals surface area contributed by atoms with E-state index in [-0.39, 0.29) is 31.0 Å². The van der Waals surface area contributed by atoms with Crippen molar-refractivity contribution in [1.82, 2.24) is 14.5 Å². The fraction of sp³-hybridized carbons (Fsp3) is 0.800. The van der Waals surface area contributed by atoms with Gasteiger partial charge in [0.25, 0.3) is 0 Å². The number of rotatable bonds is 4. The van der Waals surface area contributed by atoms with Crippen LogP contribution in [0.4, 0.5) is 4.79 Å². The largest absolute Gasteiger partial charge is 0.447 e. The summed E-state index contributed by atoms with van der Waals surface area (Å²) >= 11 is 0. The highest BCUT2D eigenvalue weighted by Gasteiger charge is 2.38. The van der Waals surface area contributed by atoms with Gasteiger partial charge in [0.2, 0.25) is 15.9 Å². The van der Waals surface area contributed by atoms with Crippen LogP contribution in [0.1, 0.15) is 6.42 Å². The Balaban J connectivity index is 1.80. The van der Waals surface area contributed by atoms with Crippen molar-refractivity contribution in [3.05, 3.63) is 0 Å². The molecule has 8 nitrogen and oxygen atoms in total. The fourth-order valence-corrected chi connectivity index (χ4v) is 2.69. The second-order valence-corrected chi connectivity index (χ2v) is 6.51. The minimum atomic E-state index is -3.27. The first-order chi connectivity index (χ1) is 8.87. The first-order valence-corrected chi connectivity index (χ1v) is 7.92. The van der Waals surface area contributed by atoms with Crippen LogP contribution in [0, 0.1) is 0 Å². The van der Waals surface area contributed by atoms with Crippen molar-refractivity contribution < 1.29 is 22.7 Å². The van der Waals surface area contributed by atoms with Gasteiger partial charge < -0.3 is 9.64 Å². The third-order valence-electron chi connectivity index (χ3n) is 3.17. The highest BCUT2D eigenvalue weighted by molar-refractivity contribution is 7.88. The van der Waals surface area contributed by atoms with E-state index in [1.165, 1.54) is 0 Å². The van der Waals surface area contributed by atoms with Crippen LogP contribution < -0.4 is 4.72 Å². The molecule has 0 saturated carbocycles. The minimum Gasteiger partial charge on any atom is -0.447 e. The van der Waals surface area contributed by atoms with Gasteiger partial charge in [-0.15, -0.1) is 0 Å². The summed E-state index contributed by atoms with van der Waals surface area (Å²) in [6.45, 7) is 1.78. The third-order valence-corrected chi connectivity index (χ3v) is 3.90. The lowest BCUT2D eigenvalue weighted by atomic mass is 10.2. The molecule has 2 saturated heterocycles. The number of amides is 2. The summed E-state index contributed by atoms with van der Waals surface area (Å²) in [5.74, 6) is -0.116. The predicted octanol–water partition coefficient (Wildman–Crippen LogP) is -1.41. The Morgan fingerprint density at radius 3 is 2.89 bits per heavy atom. The van der Waals surface area contributed by atoms with E-state index in [1.807, 2.05) is 0 Å². The summed E-state index contributed by atoms with van der Waals surface area (Å²) in [4.78, 5) is 26.5. The first-order valence-electron chi connectivity index (χ1n) is 6.02. The molecule has 2 rings (SSSR count). The SMILES string of the molecule is CS(=O)(=O)NCCC(=O)N1CCN2C(=O)OCC2C1. The zero-order chi connectivity index (χ0) is 14.0. The van der Waals surface area contributed by atoms with Crippen LogP contribution in [0.15, 0.2) is 0 Å². The van der Waals surface area contributed by atoms with Gasteiger partial charge in [-0.3, -0.25) is 9.69 Å². The smallest absolute Gasteiger partial charge is 0.410 e. The molecular weight excluding hydrogens is 274 g/mol. The molecule has 1 unspecified atom stereocenters. The monoisotopic (exact) mass is 291 g/mol. The summed E-state index contributed by atoms with van der Waals surface area (Å²) in [5.41, 5.74) is 0. The van der Waals surface area contributed by atoms with Crippen LogP contribution in [-0.2, 0) is 19.6 Å². The van der Waals surface area contributed by atoms with Crippen molar-refractivity contribution in [2.45, 2.75) is 12.5 Å². The Hall–Kier alpha value is -1.35. The molecule has 2 heterocycles. The van der Waals surface area contributed by atoms with E-state index < -0.39 is 10.0 Å². The van der Waals surface area contributed by atoms with Crippen LogP contribution in [0.3, 0.4) is 0 Å². The minimum absolute atomic E-state index is 0.0759. The van der Waals surface area contributed by atoms with Gasteiger partial charge in [-0.25, -0.2) is 17.9 Å². The molecule has 0 aliphatic carbocycles. The highest BCUT2D eigenvalue weighted by atomic mass is 32.2. The number of carbonyl (C=O) groups excluding carboxylic acids is 2. The number of hydrogen-bond acceptors (Lipinski definition) is 5. The number of nitrogens with one attached hydrogen (secondary N) is 1. The Morgan fingerprint density at radius 1 is 1.47 bits per heavy atom. The third kappa shape index (κ3) is 3.57. The zero-order valence-corrected chi connectivity index (χ0v) is 11.5. The summed E-state index contributed by atoms with van der Waals surface area (Å²) < 4.78 is 28.9. The van der Waals surface area contributed by atoms with Gasteiger partial charge in [-0.1, -0.05) is 0 Å². The second kappa shape index (κ2) is 5.33. The molecule has 0 aromatic rings. The maximum atomic E-state index is 11.9. The maximum absolute atomic E-state index is 11.9. The van der Waals surface area contributed by atoms with Gasteiger partial charge in [0, 0.05) is 32.6 Å². The number of hydrogen-bond donors (Lipinski definition) is 1. The summed E-state index contributed by atoms with van der Waals surface area (Å²) in [5, 5.41) is 0. The topological polar surface area (TPSA) is 96.0 Å². The second-order valence-electron chi connectivity index (χ2n) is 4.68. The van der Waals surface area contributed by atoms with Gasteiger partial charge >= 0.3 is 6.09 Å². The number of ether oxygens (including phenoxy) is 1. The Bertz CT molecular complexity index is 478. The van der Waals surface area contributed by atoms with Crippen molar-refractivity contribution in [1.29, 1.82) is 0 Å². The molecule has 0 bridgehead atoms. The molecule has 1 atom stereocenters. The van der Waals surface area contributed by atoms with Crippen LogP contribution in [0.5, 0.6) is 0 Å². The van der Waals surface area contributed by atoms with E-state index >= 15 is 0 Å². The molecular formula is C10H17N3O5S. The van der Waals surface area contributed by atoms with Gasteiger partial charge in [-0.05, 0) is 0 Å². The fourth-order valence-electron chi connectivity index (χ4n) is 2.22. The number of cyclic esters (lactones) is 1. The quantitative estimate of drug-likeness (QED) is 0.686. The van der Waals surface area contributed by atoms with Crippen molar-refractivity contribution in [3.8, 4) is 0 Å². The Labute approximate surface area is 111 Å². The molecule has 108 valence electrons. The van der Waals surface area contributed by atoms with E-state index in [1.54, 1.807) is 9.80 Å². The lowest BCUT2D eigenvalue weighted by Gasteiger charge is -2.35. The van der Waals surface area contributed by atoms with Gasteiger partial charge in [0.1, 0.15) is 6.61 Å². The van der Waals surface area contributed by atoms with Gasteiger partial charge in [0.15, 0.2) is 0 Å². The van der Waals surface area contributed by atoms with Crippen molar-refractivity contribution in [2.24, 2.45) is 0 Å². The zero-order valence-electron chi connectivity index (χ0n) is 10.7. The van der Waals surface area contributed by atoms with E-state index in [9.17, 15) is 18.0 Å². The van der Waals surface area contributed by atoms with E-state index in [2.05, 4.69) is 4.72 Å². The standard InChI is InChI=1S/C10H17N3O5S/c1-19(16,17)11-3-2-9(14)12-4-5-13-8(6-12)7-18-10(13)15/h8,11H,2-7H2,1H3. The lowest BCUT2D eigenvalue weighted by Crippen LogP contribution is -2.54. The van der Waals surface area contributed by atoms with E-state index in [4.69, 9.17) is 4.74 Å². The van der Waals surface area contributed by atoms with Crippen molar-refractivity contribution in [2.75, 3.05) is 39.0 Å². The predicted molar refractivity (Wildman–Crippen MR) is 65.9 cm³/mol. The van der Waals surface area contributed by atoms with Crippen LogP contribution >= 0.6 is 0 Å². The highest BCUT2D eigenvalue weighted by Crippen LogP contribution is 2.18. The maximum Gasteiger partial charge on any atom is 0.410 e. The average Bonchev–Trinajstić information content (AvgIpc) is 2.69. The van der Waals surface area contributed by atoms with Crippen LogP contribution in [0.25, 0.3) is 0 Å². The van der Waals surface area contributed by atoms with E-state index in [0.29, 0.717) is 26.2 Å². The Morgan fingerprint density at radius 2 is 2.21 bits per heavy atom. The van der Waals surface area contributed by atoms with Gasteiger partial charge in [-0.2, -0.15) is 0 Å². The van der Waals surface area contributed by atoms with Crippen LogP contribution in [-0.4, -0.2) is 75.3 Å². The molecule has 0 aromatic heterocycles. The average molecular weight is 291 g/mol. The molecule has 1 N–H and O–H groups in total. The van der Waals surface area contributed by atoms with Crippen molar-refractivity contribution in [3.63, 3.8) is 0 Å². The molecule has 2 fully saturated rings. The number of nitrogens with zero attached hydrogens (tertiary/aromatic N) is 2. The molecule has 2 aliphatic rings. The van der Waals surface area contributed by atoms with Crippen LogP contribution in [0.2, 0.25) is 0 Å².